The van der Waals surface area contributed by atoms with Crippen LogP contribution < -0.4 is 4.90 Å². The van der Waals surface area contributed by atoms with Crippen LogP contribution in [0.5, 0.6) is 0 Å². The van der Waals surface area contributed by atoms with Crippen molar-refractivity contribution in [2.24, 2.45) is 0 Å². The molecule has 0 bridgehead atoms. The molecular weight excluding hydrogens is 613 g/mol. The summed E-state index contributed by atoms with van der Waals surface area (Å²) < 4.78 is 4.97. The minimum absolute atomic E-state index is 1.12. The maximum absolute atomic E-state index is 2.42. The van der Waals surface area contributed by atoms with Crippen molar-refractivity contribution in [3.63, 3.8) is 0 Å². The van der Waals surface area contributed by atoms with Gasteiger partial charge in [-0.05, 0) is 88.6 Å². The largest absolute Gasteiger partial charge is 0.310 e. The van der Waals surface area contributed by atoms with Crippen molar-refractivity contribution in [3.8, 4) is 16.8 Å². The first-order chi connectivity index (χ1) is 24.3. The first kappa shape index (κ1) is 27.9. The van der Waals surface area contributed by atoms with Gasteiger partial charge in [-0.15, -0.1) is 11.3 Å². The molecule has 0 aliphatic rings. The zero-order valence-corrected chi connectivity index (χ0v) is 27.4. The van der Waals surface area contributed by atoms with E-state index in [9.17, 15) is 0 Å². The van der Waals surface area contributed by atoms with E-state index >= 15 is 0 Å². The van der Waals surface area contributed by atoms with Crippen LogP contribution in [0.2, 0.25) is 0 Å². The van der Waals surface area contributed by atoms with Crippen molar-refractivity contribution in [3.05, 3.63) is 182 Å². The molecule has 0 aliphatic carbocycles. The fourth-order valence-electron chi connectivity index (χ4n) is 7.59. The van der Waals surface area contributed by atoms with E-state index in [1.807, 2.05) is 11.3 Å². The SMILES string of the molecule is c1ccc2c(-c3ccc(N(c4ccc(-n5c6ccccc6c6ccccc65)cc4)c4cccc5sc6ccccc6c45)cc3)cccc2c1. The van der Waals surface area contributed by atoms with Crippen molar-refractivity contribution < 1.29 is 0 Å². The van der Waals surface area contributed by atoms with Crippen LogP contribution in [-0.4, -0.2) is 4.57 Å². The van der Waals surface area contributed by atoms with Gasteiger partial charge in [0.05, 0.1) is 16.7 Å². The van der Waals surface area contributed by atoms with Crippen molar-refractivity contribution in [1.82, 2.24) is 4.57 Å². The lowest BCUT2D eigenvalue weighted by molar-refractivity contribution is 1.17. The third-order valence-electron chi connectivity index (χ3n) is 9.79. The third-order valence-corrected chi connectivity index (χ3v) is 10.9. The summed E-state index contributed by atoms with van der Waals surface area (Å²) in [6, 6.07) is 66.2. The van der Waals surface area contributed by atoms with Crippen LogP contribution in [-0.2, 0) is 0 Å². The summed E-state index contributed by atoms with van der Waals surface area (Å²) in [6.07, 6.45) is 0. The molecule has 49 heavy (non-hydrogen) atoms. The summed E-state index contributed by atoms with van der Waals surface area (Å²) in [5.41, 5.74) is 9.45. The molecule has 0 saturated carbocycles. The average molecular weight is 643 g/mol. The Bertz CT molecular complexity index is 2760. The van der Waals surface area contributed by atoms with Crippen LogP contribution in [0.15, 0.2) is 182 Å². The Kier molecular flexibility index (Phi) is 6.39. The van der Waals surface area contributed by atoms with Gasteiger partial charge in [0.2, 0.25) is 0 Å². The molecule has 2 heterocycles. The quantitative estimate of drug-likeness (QED) is 0.181. The average Bonchev–Trinajstić information content (AvgIpc) is 3.72. The zero-order chi connectivity index (χ0) is 32.3. The Labute approximate surface area is 288 Å². The van der Waals surface area contributed by atoms with E-state index in [0.717, 1.165) is 17.1 Å². The summed E-state index contributed by atoms with van der Waals surface area (Å²) >= 11 is 1.86. The number of rotatable bonds is 5. The zero-order valence-electron chi connectivity index (χ0n) is 26.6. The van der Waals surface area contributed by atoms with Crippen LogP contribution in [0.3, 0.4) is 0 Å². The Morgan fingerprint density at radius 1 is 0.408 bits per heavy atom. The normalized spacial score (nSPS) is 11.7. The predicted octanol–water partition coefficient (Wildman–Crippen LogP) is 13.4. The molecule has 0 N–H and O–H groups in total. The van der Waals surface area contributed by atoms with E-state index in [-0.39, 0.29) is 0 Å². The molecule has 0 aliphatic heterocycles. The van der Waals surface area contributed by atoms with Crippen LogP contribution in [0, 0.1) is 0 Å². The van der Waals surface area contributed by atoms with E-state index in [0.29, 0.717) is 0 Å². The summed E-state index contributed by atoms with van der Waals surface area (Å²) in [6.45, 7) is 0. The van der Waals surface area contributed by atoms with Gasteiger partial charge in [0.15, 0.2) is 0 Å². The van der Waals surface area contributed by atoms with E-state index in [1.54, 1.807) is 0 Å². The Hall–Kier alpha value is -6.16. The minimum Gasteiger partial charge on any atom is -0.310 e. The highest BCUT2D eigenvalue weighted by molar-refractivity contribution is 7.26. The number of anilines is 3. The van der Waals surface area contributed by atoms with Crippen LogP contribution in [0.25, 0.3) is 69.6 Å². The summed E-state index contributed by atoms with van der Waals surface area (Å²) in [4.78, 5) is 2.42. The van der Waals surface area contributed by atoms with Crippen LogP contribution in [0.1, 0.15) is 0 Å². The molecule has 0 unspecified atom stereocenters. The second-order valence-electron chi connectivity index (χ2n) is 12.5. The standard InChI is InChI=1S/C46H30N2S/c1-2-13-36-31(11-1)12-9-17-37(36)32-23-25-33(26-24-32)47(43-20-10-22-45-46(43)40-16-5-8-21-44(40)49-45)34-27-29-35(30-28-34)48-41-18-6-3-14-38(41)39-15-4-7-19-42(39)48/h1-30H. The Morgan fingerprint density at radius 2 is 0.959 bits per heavy atom. The molecule has 0 amide bonds. The highest BCUT2D eigenvalue weighted by atomic mass is 32.1. The van der Waals surface area contributed by atoms with Gasteiger partial charge in [-0.3, -0.25) is 0 Å². The lowest BCUT2D eigenvalue weighted by Crippen LogP contribution is -2.10. The number of benzene rings is 8. The topological polar surface area (TPSA) is 8.17 Å². The summed E-state index contributed by atoms with van der Waals surface area (Å²) in [5.74, 6) is 0. The lowest BCUT2D eigenvalue weighted by atomic mass is 9.98. The van der Waals surface area contributed by atoms with Gasteiger partial charge in [-0.1, -0.05) is 115 Å². The molecule has 2 nitrogen and oxygen atoms in total. The Morgan fingerprint density at radius 3 is 1.69 bits per heavy atom. The molecule has 10 aromatic rings. The van der Waals surface area contributed by atoms with Crippen molar-refractivity contribution in [2.45, 2.75) is 0 Å². The molecule has 0 saturated heterocycles. The predicted molar refractivity (Wildman–Crippen MR) is 211 cm³/mol. The van der Waals surface area contributed by atoms with Gasteiger partial charge in [-0.25, -0.2) is 0 Å². The molecule has 0 fully saturated rings. The van der Waals surface area contributed by atoms with E-state index in [1.165, 1.54) is 69.6 Å². The molecule has 10 rings (SSSR count). The molecule has 8 aromatic carbocycles. The number of hydrogen-bond acceptors (Lipinski definition) is 2. The van der Waals surface area contributed by atoms with Crippen LogP contribution >= 0.6 is 11.3 Å². The van der Waals surface area contributed by atoms with E-state index in [2.05, 4.69) is 191 Å². The van der Waals surface area contributed by atoms with Crippen molar-refractivity contribution in [1.29, 1.82) is 0 Å². The van der Waals surface area contributed by atoms with Crippen molar-refractivity contribution >= 4 is 81.1 Å². The lowest BCUT2D eigenvalue weighted by Gasteiger charge is -2.27. The smallest absolute Gasteiger partial charge is 0.0554 e. The van der Waals surface area contributed by atoms with Gasteiger partial charge in [0, 0.05) is 48.0 Å². The fourth-order valence-corrected chi connectivity index (χ4v) is 8.71. The number of aromatic nitrogens is 1. The summed E-state index contributed by atoms with van der Waals surface area (Å²) in [5, 5.41) is 7.64. The minimum atomic E-state index is 1.12. The van der Waals surface area contributed by atoms with Gasteiger partial charge < -0.3 is 9.47 Å². The second kappa shape index (κ2) is 11.2. The monoisotopic (exact) mass is 642 g/mol. The van der Waals surface area contributed by atoms with Gasteiger partial charge in [-0.2, -0.15) is 0 Å². The number of nitrogens with zero attached hydrogens (tertiary/aromatic N) is 2. The number of hydrogen-bond donors (Lipinski definition) is 0. The van der Waals surface area contributed by atoms with E-state index in [4.69, 9.17) is 0 Å². The number of fused-ring (bicyclic) bond motifs is 7. The Balaban J connectivity index is 1.15. The molecule has 0 spiro atoms. The molecule has 2 aromatic heterocycles. The van der Waals surface area contributed by atoms with Gasteiger partial charge in [0.1, 0.15) is 0 Å². The van der Waals surface area contributed by atoms with Gasteiger partial charge >= 0.3 is 0 Å². The van der Waals surface area contributed by atoms with E-state index < -0.39 is 0 Å². The van der Waals surface area contributed by atoms with Crippen LogP contribution in [0.4, 0.5) is 17.1 Å². The third kappa shape index (κ3) is 4.47. The number of thiophene rings is 1. The molecule has 0 radical (unpaired) electrons. The first-order valence-corrected chi connectivity index (χ1v) is 17.5. The molecule has 0 atom stereocenters. The fraction of sp³-hybridized carbons (Fsp3) is 0. The highest BCUT2D eigenvalue weighted by Gasteiger charge is 2.19. The molecule has 3 heteroatoms. The summed E-state index contributed by atoms with van der Waals surface area (Å²) in [7, 11) is 0. The molecular formula is C46H30N2S. The number of para-hydroxylation sites is 2. The highest BCUT2D eigenvalue weighted by Crippen LogP contribution is 2.45. The maximum atomic E-state index is 2.42. The first-order valence-electron chi connectivity index (χ1n) is 16.7. The molecule has 230 valence electrons. The van der Waals surface area contributed by atoms with Crippen molar-refractivity contribution in [2.75, 3.05) is 4.90 Å². The maximum Gasteiger partial charge on any atom is 0.0554 e. The van der Waals surface area contributed by atoms with Gasteiger partial charge in [0.25, 0.3) is 0 Å². The second-order valence-corrected chi connectivity index (χ2v) is 13.6.